The van der Waals surface area contributed by atoms with Crippen LogP contribution in [-0.2, 0) is 14.6 Å². The van der Waals surface area contributed by atoms with E-state index in [0.29, 0.717) is 6.42 Å². The van der Waals surface area contributed by atoms with Crippen LogP contribution in [0.4, 0.5) is 0 Å². The fourth-order valence-electron chi connectivity index (χ4n) is 1.73. The van der Waals surface area contributed by atoms with Crippen molar-refractivity contribution in [3.05, 3.63) is 29.8 Å². The molecule has 7 nitrogen and oxygen atoms in total. The monoisotopic (exact) mass is 329 g/mol. The Kier molecular flexibility index (Phi) is 5.67. The average molecular weight is 329 g/mol. The lowest BCUT2D eigenvalue weighted by molar-refractivity contribution is -0.155. The van der Waals surface area contributed by atoms with Crippen molar-refractivity contribution < 1.29 is 28.2 Å². The maximum absolute atomic E-state index is 12.1. The fourth-order valence-corrected chi connectivity index (χ4v) is 3.27. The van der Waals surface area contributed by atoms with Crippen LogP contribution in [0.2, 0.25) is 0 Å². The van der Waals surface area contributed by atoms with E-state index >= 15 is 0 Å². The van der Waals surface area contributed by atoms with Crippen molar-refractivity contribution in [2.24, 2.45) is 0 Å². The zero-order chi connectivity index (χ0) is 17.0. The van der Waals surface area contributed by atoms with Crippen LogP contribution in [0.3, 0.4) is 0 Å². The normalized spacial score (nSPS) is 14.1. The molecule has 1 unspecified atom stereocenters. The average Bonchev–Trinajstić information content (AvgIpc) is 2.44. The summed E-state index contributed by atoms with van der Waals surface area (Å²) in [6.45, 7) is 2.21. The van der Waals surface area contributed by atoms with E-state index in [1.165, 1.54) is 24.3 Å². The Morgan fingerprint density at radius 3 is 2.41 bits per heavy atom. The molecule has 0 saturated carbocycles. The number of hydrogen-bond donors (Lipinski definition) is 3. The minimum atomic E-state index is -3.60. The molecule has 0 saturated heterocycles. The predicted octanol–water partition coefficient (Wildman–Crippen LogP) is 0.436. The highest BCUT2D eigenvalue weighted by Gasteiger charge is 2.31. The smallest absolute Gasteiger partial charge is 0.337 e. The molecule has 0 heterocycles. The van der Waals surface area contributed by atoms with Gasteiger partial charge in [0.15, 0.2) is 15.4 Å². The van der Waals surface area contributed by atoms with Gasteiger partial charge in [-0.25, -0.2) is 13.2 Å². The summed E-state index contributed by atoms with van der Waals surface area (Å²) in [5, 5.41) is 20.6. The highest BCUT2D eigenvalue weighted by Crippen LogP contribution is 2.18. The number of benzene rings is 1. The summed E-state index contributed by atoms with van der Waals surface area (Å²) in [6.07, 6.45) is 0.409. The number of nitrogens with one attached hydrogen (secondary N) is 1. The van der Waals surface area contributed by atoms with Gasteiger partial charge in [-0.1, -0.05) is 19.1 Å². The highest BCUT2D eigenvalue weighted by atomic mass is 32.2. The summed E-state index contributed by atoms with van der Waals surface area (Å²) in [4.78, 5) is 22.8. The van der Waals surface area contributed by atoms with E-state index in [0.717, 1.165) is 6.92 Å². The van der Waals surface area contributed by atoms with Gasteiger partial charge >= 0.3 is 5.97 Å². The first-order valence-electron chi connectivity index (χ1n) is 6.67. The van der Waals surface area contributed by atoms with Gasteiger partial charge < -0.3 is 15.5 Å². The zero-order valence-electron chi connectivity index (χ0n) is 12.4. The van der Waals surface area contributed by atoms with Crippen LogP contribution in [0.5, 0.6) is 0 Å². The van der Waals surface area contributed by atoms with Crippen LogP contribution in [0, 0.1) is 0 Å². The molecule has 0 aliphatic rings. The molecule has 1 rings (SSSR count). The van der Waals surface area contributed by atoms with E-state index in [2.05, 4.69) is 5.32 Å². The van der Waals surface area contributed by atoms with Gasteiger partial charge in [0.1, 0.15) is 0 Å². The van der Waals surface area contributed by atoms with Crippen molar-refractivity contribution in [3.8, 4) is 0 Å². The van der Waals surface area contributed by atoms with Gasteiger partial charge in [0.05, 0.1) is 22.8 Å². The zero-order valence-corrected chi connectivity index (χ0v) is 13.2. The number of rotatable bonds is 7. The molecule has 1 aromatic rings. The summed E-state index contributed by atoms with van der Waals surface area (Å²) in [5.74, 6) is -2.33. The predicted molar refractivity (Wildman–Crippen MR) is 79.4 cm³/mol. The Bertz CT molecular complexity index is 666. The van der Waals surface area contributed by atoms with Crippen LogP contribution < -0.4 is 5.32 Å². The molecule has 8 heteroatoms. The highest BCUT2D eigenvalue weighted by molar-refractivity contribution is 7.91. The maximum Gasteiger partial charge on any atom is 0.337 e. The molecule has 0 bridgehead atoms. The molecule has 1 atom stereocenters. The second kappa shape index (κ2) is 6.89. The van der Waals surface area contributed by atoms with Crippen LogP contribution in [0.15, 0.2) is 29.2 Å². The Morgan fingerprint density at radius 1 is 1.27 bits per heavy atom. The van der Waals surface area contributed by atoms with Gasteiger partial charge in [0.2, 0.25) is 0 Å². The molecule has 1 aromatic carbocycles. The molecule has 0 aliphatic carbocycles. The number of aliphatic hydroxyl groups is 1. The lowest BCUT2D eigenvalue weighted by Crippen LogP contribution is -2.46. The third kappa shape index (κ3) is 4.28. The van der Waals surface area contributed by atoms with Crippen molar-refractivity contribution in [1.29, 1.82) is 0 Å². The molecule has 0 aliphatic heterocycles. The number of amides is 1. The molecular formula is C14H19NO6S. The van der Waals surface area contributed by atoms with Crippen molar-refractivity contribution in [3.63, 3.8) is 0 Å². The van der Waals surface area contributed by atoms with E-state index in [1.807, 2.05) is 0 Å². The fraction of sp³-hybridized carbons (Fsp3) is 0.429. The molecule has 0 spiro atoms. The first kappa shape index (κ1) is 18.1. The number of carbonyl (C=O) groups excluding carboxylic acids is 1. The van der Waals surface area contributed by atoms with Crippen LogP contribution in [0.25, 0.3) is 0 Å². The topological polar surface area (TPSA) is 121 Å². The summed E-state index contributed by atoms with van der Waals surface area (Å²) in [7, 11) is -3.60. The molecule has 1 amide bonds. The van der Waals surface area contributed by atoms with E-state index in [9.17, 15) is 23.1 Å². The molecule has 122 valence electrons. The second-order valence-electron chi connectivity index (χ2n) is 5.08. The van der Waals surface area contributed by atoms with E-state index < -0.39 is 33.9 Å². The standard InChI is InChI=1S/C14H19NO6S/c1-3-8-22(20,21)11-7-5-4-6-10(11)12(16)15-9-14(2,19)13(17)18/h4-7,19H,3,8-9H2,1-2H3,(H,15,16)(H,17,18). The summed E-state index contributed by atoms with van der Waals surface area (Å²) in [5.41, 5.74) is -2.20. The molecule has 0 radical (unpaired) electrons. The number of carboxylic acid groups (broad SMARTS) is 1. The number of hydrogen-bond acceptors (Lipinski definition) is 5. The minimum Gasteiger partial charge on any atom is -0.479 e. The first-order valence-corrected chi connectivity index (χ1v) is 8.33. The van der Waals surface area contributed by atoms with Gasteiger partial charge in [0.25, 0.3) is 5.91 Å². The molecule has 0 fully saturated rings. The third-order valence-corrected chi connectivity index (χ3v) is 4.97. The van der Waals surface area contributed by atoms with E-state index in [-0.39, 0.29) is 16.2 Å². The van der Waals surface area contributed by atoms with Gasteiger partial charge in [-0.05, 0) is 25.5 Å². The number of carboxylic acids is 1. The van der Waals surface area contributed by atoms with Crippen LogP contribution in [0.1, 0.15) is 30.6 Å². The largest absolute Gasteiger partial charge is 0.479 e. The van der Waals surface area contributed by atoms with Gasteiger partial charge in [0, 0.05) is 0 Å². The Hall–Kier alpha value is -1.93. The van der Waals surface area contributed by atoms with Crippen molar-refractivity contribution in [1.82, 2.24) is 5.32 Å². The second-order valence-corrected chi connectivity index (χ2v) is 7.15. The summed E-state index contributed by atoms with van der Waals surface area (Å²) >= 11 is 0. The SMILES string of the molecule is CCCS(=O)(=O)c1ccccc1C(=O)NCC(C)(O)C(=O)O. The lowest BCUT2D eigenvalue weighted by atomic mass is 10.1. The lowest BCUT2D eigenvalue weighted by Gasteiger charge is -2.18. The van der Waals surface area contributed by atoms with Gasteiger partial charge in [-0.15, -0.1) is 0 Å². The number of aliphatic carboxylic acids is 1. The summed E-state index contributed by atoms with van der Waals surface area (Å²) < 4.78 is 24.3. The molecule has 22 heavy (non-hydrogen) atoms. The Balaban J connectivity index is 3.03. The minimum absolute atomic E-state index is 0.0721. The van der Waals surface area contributed by atoms with E-state index in [1.54, 1.807) is 6.92 Å². The maximum atomic E-state index is 12.1. The molecule has 0 aromatic heterocycles. The van der Waals surface area contributed by atoms with E-state index in [4.69, 9.17) is 5.11 Å². The number of carbonyl (C=O) groups is 2. The van der Waals surface area contributed by atoms with Crippen molar-refractivity contribution in [2.45, 2.75) is 30.8 Å². The summed E-state index contributed by atoms with van der Waals surface area (Å²) in [6, 6.07) is 5.69. The molecular weight excluding hydrogens is 310 g/mol. The van der Waals surface area contributed by atoms with Gasteiger partial charge in [-0.2, -0.15) is 0 Å². The van der Waals surface area contributed by atoms with Crippen LogP contribution in [-0.4, -0.2) is 48.4 Å². The van der Waals surface area contributed by atoms with Crippen molar-refractivity contribution >= 4 is 21.7 Å². The van der Waals surface area contributed by atoms with Crippen molar-refractivity contribution in [2.75, 3.05) is 12.3 Å². The molecule has 3 N–H and O–H groups in total. The third-order valence-electron chi connectivity index (χ3n) is 2.99. The van der Waals surface area contributed by atoms with Crippen LogP contribution >= 0.6 is 0 Å². The number of sulfone groups is 1. The van der Waals surface area contributed by atoms with Gasteiger partial charge in [-0.3, -0.25) is 4.79 Å². The Labute approximate surface area is 128 Å². The first-order chi connectivity index (χ1) is 10.1. The Morgan fingerprint density at radius 2 is 1.86 bits per heavy atom. The quantitative estimate of drug-likeness (QED) is 0.667.